The maximum absolute atomic E-state index is 12.6. The van der Waals surface area contributed by atoms with Crippen molar-refractivity contribution in [2.24, 2.45) is 0 Å². The van der Waals surface area contributed by atoms with E-state index in [0.29, 0.717) is 6.04 Å². The fourth-order valence-electron chi connectivity index (χ4n) is 2.47. The van der Waals surface area contributed by atoms with Crippen LogP contribution in [0.3, 0.4) is 0 Å². The first-order valence-corrected chi connectivity index (χ1v) is 7.67. The van der Waals surface area contributed by atoms with Crippen LogP contribution in [-0.4, -0.2) is 36.0 Å². The van der Waals surface area contributed by atoms with Gasteiger partial charge in [0.25, 0.3) is 5.91 Å². The van der Waals surface area contributed by atoms with Gasteiger partial charge in [0.1, 0.15) is 0 Å². The van der Waals surface area contributed by atoms with E-state index in [-0.39, 0.29) is 11.9 Å². The molecule has 2 rings (SSSR count). The van der Waals surface area contributed by atoms with Crippen LogP contribution in [0.25, 0.3) is 0 Å². The molecule has 1 unspecified atom stereocenters. The predicted octanol–water partition coefficient (Wildman–Crippen LogP) is 3.05. The molecule has 4 heteroatoms. The van der Waals surface area contributed by atoms with Crippen LogP contribution in [0.2, 0.25) is 0 Å². The highest BCUT2D eigenvalue weighted by molar-refractivity contribution is 9.10. The molecule has 1 saturated heterocycles. The second kappa shape index (κ2) is 6.53. The Bertz CT molecular complexity index is 442. The Morgan fingerprint density at radius 3 is 2.89 bits per heavy atom. The fraction of sp³-hybridized carbons (Fsp3) is 0.533. The van der Waals surface area contributed by atoms with Gasteiger partial charge in [-0.2, -0.15) is 0 Å². The smallest absolute Gasteiger partial charge is 0.254 e. The predicted molar refractivity (Wildman–Crippen MR) is 81.3 cm³/mol. The highest BCUT2D eigenvalue weighted by Crippen LogP contribution is 2.16. The van der Waals surface area contributed by atoms with Crippen LogP contribution in [0.1, 0.15) is 37.0 Å². The molecule has 1 atom stereocenters. The maximum atomic E-state index is 12.6. The van der Waals surface area contributed by atoms with Crippen molar-refractivity contribution < 1.29 is 4.79 Å². The largest absolute Gasteiger partial charge is 0.335 e. The van der Waals surface area contributed by atoms with Crippen molar-refractivity contribution in [3.8, 4) is 0 Å². The maximum Gasteiger partial charge on any atom is 0.254 e. The molecule has 0 saturated carbocycles. The molecule has 1 heterocycles. The number of amides is 1. The lowest BCUT2D eigenvalue weighted by Crippen LogP contribution is -2.44. The molecule has 1 aliphatic rings. The summed E-state index contributed by atoms with van der Waals surface area (Å²) in [5.41, 5.74) is 0.751. The zero-order valence-electron chi connectivity index (χ0n) is 11.5. The van der Waals surface area contributed by atoms with Crippen molar-refractivity contribution in [3.63, 3.8) is 0 Å². The van der Waals surface area contributed by atoms with Crippen molar-refractivity contribution in [1.29, 1.82) is 0 Å². The van der Waals surface area contributed by atoms with Crippen molar-refractivity contribution in [2.75, 3.05) is 13.1 Å². The summed E-state index contributed by atoms with van der Waals surface area (Å²) in [6.45, 7) is 6.01. The van der Waals surface area contributed by atoms with Crippen LogP contribution < -0.4 is 5.32 Å². The molecule has 1 aromatic rings. The Labute approximate surface area is 123 Å². The first-order valence-electron chi connectivity index (χ1n) is 6.88. The average molecular weight is 325 g/mol. The molecular weight excluding hydrogens is 304 g/mol. The van der Waals surface area contributed by atoms with Crippen molar-refractivity contribution in [1.82, 2.24) is 10.2 Å². The Balaban J connectivity index is 2.11. The van der Waals surface area contributed by atoms with Crippen molar-refractivity contribution in [3.05, 3.63) is 34.3 Å². The van der Waals surface area contributed by atoms with Crippen molar-refractivity contribution >= 4 is 21.8 Å². The minimum Gasteiger partial charge on any atom is -0.335 e. The van der Waals surface area contributed by atoms with E-state index >= 15 is 0 Å². The van der Waals surface area contributed by atoms with Gasteiger partial charge < -0.3 is 10.2 Å². The molecule has 104 valence electrons. The Morgan fingerprint density at radius 2 is 2.32 bits per heavy atom. The normalized spacial score (nSPS) is 18.8. The van der Waals surface area contributed by atoms with Crippen LogP contribution in [-0.2, 0) is 0 Å². The molecule has 19 heavy (non-hydrogen) atoms. The molecular formula is C15H21BrN2O. The summed E-state index contributed by atoms with van der Waals surface area (Å²) in [6, 6.07) is 8.27. The van der Waals surface area contributed by atoms with E-state index in [0.717, 1.165) is 29.5 Å². The number of rotatable bonds is 4. The lowest BCUT2D eigenvalue weighted by atomic mass is 10.1. The SMILES string of the molecule is CC(C)N(CC1CCCN1)C(=O)c1cccc(Br)c1. The van der Waals surface area contributed by atoms with E-state index in [1.807, 2.05) is 29.2 Å². The van der Waals surface area contributed by atoms with Gasteiger partial charge in [-0.3, -0.25) is 4.79 Å². The minimum atomic E-state index is 0.116. The number of nitrogens with zero attached hydrogens (tertiary/aromatic N) is 1. The molecule has 0 aliphatic carbocycles. The van der Waals surface area contributed by atoms with E-state index < -0.39 is 0 Å². The standard InChI is InChI=1S/C15H21BrN2O/c1-11(2)18(10-14-7-4-8-17-14)15(19)12-5-3-6-13(16)9-12/h3,5-6,9,11,14,17H,4,7-8,10H2,1-2H3. The lowest BCUT2D eigenvalue weighted by Gasteiger charge is -2.29. The third-order valence-electron chi connectivity index (χ3n) is 3.54. The second-order valence-corrected chi connectivity index (χ2v) is 6.27. The summed E-state index contributed by atoms with van der Waals surface area (Å²) in [6.07, 6.45) is 2.37. The number of nitrogens with one attached hydrogen (secondary N) is 1. The van der Waals surface area contributed by atoms with E-state index in [2.05, 4.69) is 35.1 Å². The Morgan fingerprint density at radius 1 is 1.53 bits per heavy atom. The van der Waals surface area contributed by atoms with E-state index in [9.17, 15) is 4.79 Å². The van der Waals surface area contributed by atoms with Gasteiger partial charge in [0.15, 0.2) is 0 Å². The lowest BCUT2D eigenvalue weighted by molar-refractivity contribution is 0.0689. The first-order chi connectivity index (χ1) is 9.08. The summed E-state index contributed by atoms with van der Waals surface area (Å²) in [7, 11) is 0. The summed E-state index contributed by atoms with van der Waals surface area (Å²) in [5, 5.41) is 3.46. The number of carbonyl (C=O) groups excluding carboxylic acids is 1. The molecule has 0 spiro atoms. The molecule has 1 aromatic carbocycles. The summed E-state index contributed by atoms with van der Waals surface area (Å²) in [5.74, 6) is 0.116. The number of benzene rings is 1. The zero-order chi connectivity index (χ0) is 13.8. The Hall–Kier alpha value is -0.870. The highest BCUT2D eigenvalue weighted by atomic mass is 79.9. The average Bonchev–Trinajstić information content (AvgIpc) is 2.87. The highest BCUT2D eigenvalue weighted by Gasteiger charge is 2.24. The molecule has 0 aromatic heterocycles. The molecule has 1 fully saturated rings. The zero-order valence-corrected chi connectivity index (χ0v) is 13.1. The van der Waals surface area contributed by atoms with Gasteiger partial charge >= 0.3 is 0 Å². The summed E-state index contributed by atoms with van der Waals surface area (Å²) in [4.78, 5) is 14.6. The van der Waals surface area contributed by atoms with Crippen LogP contribution in [0.5, 0.6) is 0 Å². The third kappa shape index (κ3) is 3.80. The van der Waals surface area contributed by atoms with Gasteiger partial charge in [0.05, 0.1) is 0 Å². The van der Waals surface area contributed by atoms with Gasteiger partial charge in [-0.05, 0) is 51.4 Å². The van der Waals surface area contributed by atoms with Crippen LogP contribution in [0.15, 0.2) is 28.7 Å². The van der Waals surface area contributed by atoms with Crippen molar-refractivity contribution in [2.45, 2.75) is 38.8 Å². The Kier molecular flexibility index (Phi) is 4.99. The summed E-state index contributed by atoms with van der Waals surface area (Å²) >= 11 is 3.42. The van der Waals surface area contributed by atoms with Gasteiger partial charge in [-0.1, -0.05) is 22.0 Å². The van der Waals surface area contributed by atoms with Gasteiger partial charge in [-0.25, -0.2) is 0 Å². The van der Waals surface area contributed by atoms with Crippen LogP contribution in [0.4, 0.5) is 0 Å². The summed E-state index contributed by atoms with van der Waals surface area (Å²) < 4.78 is 0.945. The molecule has 0 bridgehead atoms. The van der Waals surface area contributed by atoms with Gasteiger partial charge in [0, 0.05) is 28.7 Å². The third-order valence-corrected chi connectivity index (χ3v) is 4.03. The molecule has 3 nitrogen and oxygen atoms in total. The molecule has 1 aliphatic heterocycles. The second-order valence-electron chi connectivity index (χ2n) is 5.35. The first kappa shape index (κ1) is 14.5. The van der Waals surface area contributed by atoms with Gasteiger partial charge in [-0.15, -0.1) is 0 Å². The topological polar surface area (TPSA) is 32.3 Å². The van der Waals surface area contributed by atoms with E-state index in [4.69, 9.17) is 0 Å². The quantitative estimate of drug-likeness (QED) is 0.923. The van der Waals surface area contributed by atoms with Crippen LogP contribution >= 0.6 is 15.9 Å². The van der Waals surface area contributed by atoms with E-state index in [1.54, 1.807) is 0 Å². The number of hydrogen-bond acceptors (Lipinski definition) is 2. The molecule has 1 N–H and O–H groups in total. The van der Waals surface area contributed by atoms with Gasteiger partial charge in [0.2, 0.25) is 0 Å². The molecule has 0 radical (unpaired) electrons. The fourth-order valence-corrected chi connectivity index (χ4v) is 2.86. The minimum absolute atomic E-state index is 0.116. The molecule has 1 amide bonds. The van der Waals surface area contributed by atoms with E-state index in [1.165, 1.54) is 6.42 Å². The van der Waals surface area contributed by atoms with Crippen LogP contribution in [0, 0.1) is 0 Å². The number of hydrogen-bond donors (Lipinski definition) is 1. The monoisotopic (exact) mass is 324 g/mol. The number of carbonyl (C=O) groups is 1. The number of halogens is 1.